The predicted octanol–water partition coefficient (Wildman–Crippen LogP) is 3.69. The third-order valence-corrected chi connectivity index (χ3v) is 7.03. The summed E-state index contributed by atoms with van der Waals surface area (Å²) in [6.07, 6.45) is 0. The van der Waals surface area contributed by atoms with Crippen LogP contribution in [0, 0.1) is 24.6 Å². The molecule has 0 unspecified atom stereocenters. The van der Waals surface area contributed by atoms with E-state index in [1.807, 2.05) is 0 Å². The zero-order valence-corrected chi connectivity index (χ0v) is 20.6. The molecule has 192 valence electrons. The van der Waals surface area contributed by atoms with Crippen molar-refractivity contribution in [3.8, 4) is 11.5 Å². The zero-order chi connectivity index (χ0) is 26.7. The first-order valence-corrected chi connectivity index (χ1v) is 12.0. The van der Waals surface area contributed by atoms with Gasteiger partial charge in [-0.3, -0.25) is 19.3 Å². The number of nitrogens with one attached hydrogen (secondary N) is 1. The lowest BCUT2D eigenvalue weighted by Gasteiger charge is -2.43. The number of rotatable bonds is 7. The van der Waals surface area contributed by atoms with Crippen molar-refractivity contribution < 1.29 is 29.0 Å². The summed E-state index contributed by atoms with van der Waals surface area (Å²) in [7, 11) is 1.51. The molecule has 3 aromatic rings. The Morgan fingerprint density at radius 2 is 1.41 bits per heavy atom. The number of hydrogen-bond donors (Lipinski definition) is 3. The number of phenols is 2. The van der Waals surface area contributed by atoms with Crippen LogP contribution < -0.4 is 5.32 Å². The largest absolute Gasteiger partial charge is 0.508 e. The minimum atomic E-state index is -0.813. The summed E-state index contributed by atoms with van der Waals surface area (Å²) in [6.45, 7) is 1.91. The first-order chi connectivity index (χ1) is 17.7. The molecule has 3 N–H and O–H groups in total. The van der Waals surface area contributed by atoms with E-state index in [9.17, 15) is 29.0 Å². The topological polar surface area (TPSA) is 107 Å². The van der Waals surface area contributed by atoms with Crippen molar-refractivity contribution in [2.45, 2.75) is 12.8 Å². The molecule has 1 heterocycles. The number of carbonyl (C=O) groups excluding carboxylic acids is 3. The zero-order valence-electron chi connectivity index (χ0n) is 20.6. The lowest BCUT2D eigenvalue weighted by molar-refractivity contribution is -0.122. The number of Topliss-reactive ketones (excluding diaryl/α,β-unsaturated/α-hetero) is 2. The van der Waals surface area contributed by atoms with Gasteiger partial charge in [0.15, 0.2) is 11.6 Å². The Bertz CT molecular complexity index is 1270. The average molecular weight is 505 g/mol. The lowest BCUT2D eigenvalue weighted by Crippen LogP contribution is -2.52. The van der Waals surface area contributed by atoms with Gasteiger partial charge in [0.25, 0.3) is 0 Å². The minimum absolute atomic E-state index is 0.0288. The van der Waals surface area contributed by atoms with Crippen LogP contribution in [0.2, 0.25) is 0 Å². The van der Waals surface area contributed by atoms with Crippen molar-refractivity contribution in [3.05, 3.63) is 94.8 Å². The number of piperidine rings is 1. The number of aromatic hydroxyl groups is 2. The molecule has 1 amide bonds. The molecule has 0 aliphatic carbocycles. The van der Waals surface area contributed by atoms with Gasteiger partial charge in [0.2, 0.25) is 5.91 Å². The number of phenolic OH excluding ortho intramolecular Hbond substituents is 2. The Balaban J connectivity index is 1.87. The van der Waals surface area contributed by atoms with E-state index in [1.54, 1.807) is 48.2 Å². The molecular weight excluding hydrogens is 475 g/mol. The number of benzene rings is 3. The number of likely N-dealkylation sites (tertiary alicyclic amines) is 1. The molecule has 8 heteroatoms. The van der Waals surface area contributed by atoms with Gasteiger partial charge < -0.3 is 15.5 Å². The van der Waals surface area contributed by atoms with Gasteiger partial charge in [0.1, 0.15) is 17.3 Å². The summed E-state index contributed by atoms with van der Waals surface area (Å²) in [5.74, 6) is -3.84. The van der Waals surface area contributed by atoms with Crippen LogP contribution in [0.1, 0.15) is 37.8 Å². The van der Waals surface area contributed by atoms with Gasteiger partial charge in [-0.05, 0) is 48.4 Å². The predicted molar refractivity (Wildman–Crippen MR) is 136 cm³/mol. The highest BCUT2D eigenvalue weighted by molar-refractivity contribution is 6.02. The maximum Gasteiger partial charge on any atom is 0.233 e. The Morgan fingerprint density at radius 3 is 1.89 bits per heavy atom. The van der Waals surface area contributed by atoms with Crippen LogP contribution in [0.15, 0.2) is 66.7 Å². The summed E-state index contributed by atoms with van der Waals surface area (Å²) in [4.78, 5) is 41.8. The Labute approximate surface area is 214 Å². The van der Waals surface area contributed by atoms with Gasteiger partial charge in [-0.1, -0.05) is 36.4 Å². The van der Waals surface area contributed by atoms with E-state index in [1.165, 1.54) is 37.4 Å². The fraction of sp³-hybridized carbons (Fsp3) is 0.276. The van der Waals surface area contributed by atoms with Crippen LogP contribution in [0.3, 0.4) is 0 Å². The number of likely N-dealkylation sites (N-methyl/N-ethyl adjacent to an activating group) is 1. The molecule has 7 nitrogen and oxygen atoms in total. The maximum absolute atomic E-state index is 14.7. The van der Waals surface area contributed by atoms with Gasteiger partial charge in [0.05, 0.1) is 6.54 Å². The first kappa shape index (κ1) is 26.0. The monoisotopic (exact) mass is 504 g/mol. The van der Waals surface area contributed by atoms with Crippen molar-refractivity contribution in [2.75, 3.05) is 26.7 Å². The van der Waals surface area contributed by atoms with Crippen molar-refractivity contribution in [3.63, 3.8) is 0 Å². The molecule has 0 aromatic heterocycles. The van der Waals surface area contributed by atoms with Gasteiger partial charge in [-0.25, -0.2) is 4.39 Å². The highest BCUT2D eigenvalue weighted by atomic mass is 19.1. The van der Waals surface area contributed by atoms with E-state index in [4.69, 9.17) is 0 Å². The molecule has 37 heavy (non-hydrogen) atoms. The van der Waals surface area contributed by atoms with Crippen LogP contribution in [-0.2, 0) is 4.79 Å². The average Bonchev–Trinajstić information content (AvgIpc) is 2.89. The highest BCUT2D eigenvalue weighted by Gasteiger charge is 2.45. The molecule has 1 fully saturated rings. The summed E-state index contributed by atoms with van der Waals surface area (Å²) < 4.78 is 14.7. The SMILES string of the molecule is CNC(=O)CN1C[C@H](C(=O)c2cccc(O)c2)C(c2cccc(F)c2C)[C@@H](C(=O)c2cccc(O)c2)C1. The summed E-state index contributed by atoms with van der Waals surface area (Å²) >= 11 is 0. The van der Waals surface area contributed by atoms with Crippen molar-refractivity contribution in [1.29, 1.82) is 0 Å². The van der Waals surface area contributed by atoms with E-state index in [0.717, 1.165) is 0 Å². The lowest BCUT2D eigenvalue weighted by atomic mass is 9.67. The standard InChI is InChI=1S/C29H29FN2O5/c1-17-22(10-5-11-25(17)30)27-23(28(36)18-6-3-8-20(33)12-18)14-32(16-26(35)31-2)15-24(27)29(37)19-7-4-9-21(34)13-19/h3-13,23-24,27,33-34H,14-16H2,1-2H3,(H,31,35)/t23-,24-/m0/s1. The fourth-order valence-corrected chi connectivity index (χ4v) is 5.21. The van der Waals surface area contributed by atoms with Crippen LogP contribution in [-0.4, -0.2) is 59.3 Å². The molecule has 4 rings (SSSR count). The van der Waals surface area contributed by atoms with E-state index in [2.05, 4.69) is 5.32 Å². The second-order valence-electron chi connectivity index (χ2n) is 9.39. The summed E-state index contributed by atoms with van der Waals surface area (Å²) in [5, 5.41) is 22.6. The van der Waals surface area contributed by atoms with Crippen molar-refractivity contribution in [2.24, 2.45) is 11.8 Å². The molecule has 0 radical (unpaired) electrons. The minimum Gasteiger partial charge on any atom is -0.508 e. The molecule has 1 saturated heterocycles. The maximum atomic E-state index is 14.7. The Morgan fingerprint density at radius 1 is 0.892 bits per heavy atom. The fourth-order valence-electron chi connectivity index (χ4n) is 5.21. The molecule has 1 aliphatic heterocycles. The van der Waals surface area contributed by atoms with Gasteiger partial charge >= 0.3 is 0 Å². The molecule has 0 bridgehead atoms. The number of nitrogens with zero attached hydrogens (tertiary/aromatic N) is 1. The second-order valence-corrected chi connectivity index (χ2v) is 9.39. The molecular formula is C29H29FN2O5. The molecule has 3 aromatic carbocycles. The number of ketones is 2. The first-order valence-electron chi connectivity index (χ1n) is 12.0. The number of halogens is 1. The van der Waals surface area contributed by atoms with E-state index >= 15 is 0 Å². The second kappa shape index (κ2) is 10.9. The molecule has 2 atom stereocenters. The molecule has 0 spiro atoms. The van der Waals surface area contributed by atoms with Crippen LogP contribution >= 0.6 is 0 Å². The molecule has 1 aliphatic rings. The van der Waals surface area contributed by atoms with Crippen LogP contribution in [0.4, 0.5) is 4.39 Å². The smallest absolute Gasteiger partial charge is 0.233 e. The normalized spacial score (nSPS) is 18.4. The van der Waals surface area contributed by atoms with E-state index in [-0.39, 0.29) is 59.7 Å². The van der Waals surface area contributed by atoms with Gasteiger partial charge in [-0.15, -0.1) is 0 Å². The quantitative estimate of drug-likeness (QED) is 0.424. The molecule has 0 saturated carbocycles. The Hall–Kier alpha value is -4.04. The number of carbonyl (C=O) groups is 3. The van der Waals surface area contributed by atoms with E-state index in [0.29, 0.717) is 11.1 Å². The number of hydrogen-bond acceptors (Lipinski definition) is 6. The number of amides is 1. The Kier molecular flexibility index (Phi) is 7.69. The van der Waals surface area contributed by atoms with Gasteiger partial charge in [0, 0.05) is 49.0 Å². The third-order valence-electron chi connectivity index (χ3n) is 7.03. The summed E-state index contributed by atoms with van der Waals surface area (Å²) in [5.41, 5.74) is 1.40. The summed E-state index contributed by atoms with van der Waals surface area (Å²) in [6, 6.07) is 16.5. The van der Waals surface area contributed by atoms with E-state index < -0.39 is 23.6 Å². The van der Waals surface area contributed by atoms with Crippen molar-refractivity contribution >= 4 is 17.5 Å². The van der Waals surface area contributed by atoms with Gasteiger partial charge in [-0.2, -0.15) is 0 Å². The van der Waals surface area contributed by atoms with Crippen LogP contribution in [0.5, 0.6) is 11.5 Å². The van der Waals surface area contributed by atoms with Crippen molar-refractivity contribution in [1.82, 2.24) is 10.2 Å². The van der Waals surface area contributed by atoms with Crippen LogP contribution in [0.25, 0.3) is 0 Å². The third kappa shape index (κ3) is 5.54. The highest BCUT2D eigenvalue weighted by Crippen LogP contribution is 2.42.